The molecular weight excluding hydrogens is 128 g/mol. The Morgan fingerprint density at radius 2 is 2.40 bits per heavy atom. The number of anilines is 1. The van der Waals surface area contributed by atoms with Crippen molar-refractivity contribution in [3.05, 3.63) is 30.5 Å². The molecule has 0 aromatic carbocycles. The Labute approximate surface area is 58.8 Å². The Hall–Kier alpha value is -1.51. The van der Waals surface area contributed by atoms with Crippen LogP contribution in [-0.2, 0) is 0 Å². The summed E-state index contributed by atoms with van der Waals surface area (Å²) in [4.78, 5) is 3.76. The van der Waals surface area contributed by atoms with Crippen molar-refractivity contribution in [3.8, 4) is 0 Å². The summed E-state index contributed by atoms with van der Waals surface area (Å²) in [6.45, 7) is 3.32. The van der Waals surface area contributed by atoms with E-state index in [0.29, 0.717) is 11.4 Å². The van der Waals surface area contributed by atoms with Crippen LogP contribution in [0.25, 0.3) is 5.76 Å². The van der Waals surface area contributed by atoms with E-state index < -0.39 is 0 Å². The smallest absolute Gasteiger partial charge is 0.134 e. The lowest BCUT2D eigenvalue weighted by molar-refractivity contribution is 0.514. The van der Waals surface area contributed by atoms with Crippen molar-refractivity contribution in [2.75, 3.05) is 5.73 Å². The van der Waals surface area contributed by atoms with Crippen LogP contribution in [0.5, 0.6) is 0 Å². The van der Waals surface area contributed by atoms with Gasteiger partial charge in [-0.1, -0.05) is 6.58 Å². The van der Waals surface area contributed by atoms with E-state index in [1.165, 1.54) is 0 Å². The minimum atomic E-state index is -0.0504. The first-order valence-electron chi connectivity index (χ1n) is 2.80. The van der Waals surface area contributed by atoms with Gasteiger partial charge in [0.15, 0.2) is 0 Å². The van der Waals surface area contributed by atoms with Gasteiger partial charge in [-0.3, -0.25) is 0 Å². The van der Waals surface area contributed by atoms with Crippen LogP contribution < -0.4 is 5.73 Å². The molecule has 1 aromatic rings. The molecule has 0 fully saturated rings. The molecule has 0 amide bonds. The highest BCUT2D eigenvalue weighted by molar-refractivity contribution is 5.65. The first-order chi connectivity index (χ1) is 4.72. The second-order valence-corrected chi connectivity index (χ2v) is 1.88. The normalized spacial score (nSPS) is 9.20. The van der Waals surface area contributed by atoms with Gasteiger partial charge in [0.25, 0.3) is 0 Å². The Kier molecular flexibility index (Phi) is 1.58. The number of rotatable bonds is 1. The standard InChI is InChI=1S/C7H8N2O/c1-5(10)6-3-2-4-9-7(6)8/h2-4,10H,1H2,(H2,8,9). The lowest BCUT2D eigenvalue weighted by Gasteiger charge is -1.99. The molecule has 3 N–H and O–H groups in total. The molecule has 1 aromatic heterocycles. The Bertz CT molecular complexity index is 258. The fourth-order valence-electron chi connectivity index (χ4n) is 0.662. The minimum Gasteiger partial charge on any atom is -0.508 e. The third kappa shape index (κ3) is 1.07. The molecule has 0 spiro atoms. The van der Waals surface area contributed by atoms with Gasteiger partial charge in [-0.2, -0.15) is 0 Å². The van der Waals surface area contributed by atoms with E-state index in [0.717, 1.165) is 0 Å². The van der Waals surface area contributed by atoms with Gasteiger partial charge in [0, 0.05) is 6.20 Å². The summed E-state index contributed by atoms with van der Waals surface area (Å²) in [7, 11) is 0. The monoisotopic (exact) mass is 136 g/mol. The van der Waals surface area contributed by atoms with E-state index in [1.807, 2.05) is 0 Å². The lowest BCUT2D eigenvalue weighted by Crippen LogP contribution is -1.94. The van der Waals surface area contributed by atoms with Gasteiger partial charge in [0.2, 0.25) is 0 Å². The highest BCUT2D eigenvalue weighted by atomic mass is 16.3. The van der Waals surface area contributed by atoms with Crippen molar-refractivity contribution in [3.63, 3.8) is 0 Å². The third-order valence-corrected chi connectivity index (χ3v) is 1.15. The maximum atomic E-state index is 8.89. The Morgan fingerprint density at radius 1 is 1.70 bits per heavy atom. The van der Waals surface area contributed by atoms with E-state index in [1.54, 1.807) is 18.3 Å². The SMILES string of the molecule is C=C(O)c1cccnc1N. The van der Waals surface area contributed by atoms with Gasteiger partial charge in [-0.05, 0) is 12.1 Å². The quantitative estimate of drug-likeness (QED) is 0.570. The predicted molar refractivity (Wildman–Crippen MR) is 40.3 cm³/mol. The lowest BCUT2D eigenvalue weighted by atomic mass is 10.2. The third-order valence-electron chi connectivity index (χ3n) is 1.15. The van der Waals surface area contributed by atoms with Gasteiger partial charge < -0.3 is 10.8 Å². The molecule has 1 heterocycles. The molecule has 0 aliphatic carbocycles. The van der Waals surface area contributed by atoms with Crippen molar-refractivity contribution < 1.29 is 5.11 Å². The molecule has 52 valence electrons. The predicted octanol–water partition coefficient (Wildman–Crippen LogP) is 1.19. The maximum absolute atomic E-state index is 8.89. The molecule has 3 nitrogen and oxygen atoms in total. The van der Waals surface area contributed by atoms with Gasteiger partial charge in [0.1, 0.15) is 11.6 Å². The van der Waals surface area contributed by atoms with E-state index >= 15 is 0 Å². The summed E-state index contributed by atoms with van der Waals surface area (Å²) in [5.74, 6) is 0.251. The first kappa shape index (κ1) is 6.61. The van der Waals surface area contributed by atoms with E-state index in [2.05, 4.69) is 11.6 Å². The molecule has 0 aliphatic heterocycles. The molecule has 0 saturated carbocycles. The van der Waals surface area contributed by atoms with Crippen molar-refractivity contribution in [2.45, 2.75) is 0 Å². The van der Waals surface area contributed by atoms with Crippen LogP contribution in [0.2, 0.25) is 0 Å². The summed E-state index contributed by atoms with van der Waals surface area (Å²) >= 11 is 0. The molecule has 0 saturated heterocycles. The van der Waals surface area contributed by atoms with Crippen molar-refractivity contribution in [1.29, 1.82) is 0 Å². The second-order valence-electron chi connectivity index (χ2n) is 1.88. The van der Waals surface area contributed by atoms with Crippen molar-refractivity contribution in [2.24, 2.45) is 0 Å². The Balaban J connectivity index is 3.15. The number of nitrogen functional groups attached to an aromatic ring is 1. The topological polar surface area (TPSA) is 59.1 Å². The zero-order valence-electron chi connectivity index (χ0n) is 5.41. The molecule has 0 bridgehead atoms. The van der Waals surface area contributed by atoms with Gasteiger partial charge in [-0.25, -0.2) is 4.98 Å². The van der Waals surface area contributed by atoms with Crippen molar-refractivity contribution >= 4 is 11.6 Å². The number of nitrogens with zero attached hydrogens (tertiary/aromatic N) is 1. The van der Waals surface area contributed by atoms with Crippen LogP contribution in [0.3, 0.4) is 0 Å². The van der Waals surface area contributed by atoms with Gasteiger partial charge >= 0.3 is 0 Å². The summed E-state index contributed by atoms with van der Waals surface area (Å²) in [6, 6.07) is 3.34. The number of pyridine rings is 1. The zero-order chi connectivity index (χ0) is 7.56. The van der Waals surface area contributed by atoms with Crippen LogP contribution in [0, 0.1) is 0 Å². The summed E-state index contributed by atoms with van der Waals surface area (Å²) in [5, 5.41) is 8.89. The van der Waals surface area contributed by atoms with Crippen molar-refractivity contribution in [1.82, 2.24) is 4.98 Å². The van der Waals surface area contributed by atoms with Gasteiger partial charge in [-0.15, -0.1) is 0 Å². The molecule has 3 heteroatoms. The molecule has 0 radical (unpaired) electrons. The van der Waals surface area contributed by atoms with Crippen LogP contribution in [0.1, 0.15) is 5.56 Å². The number of aliphatic hydroxyl groups is 1. The molecule has 1 rings (SSSR count). The summed E-state index contributed by atoms with van der Waals surface area (Å²) in [6.07, 6.45) is 1.56. The average molecular weight is 136 g/mol. The summed E-state index contributed by atoms with van der Waals surface area (Å²) in [5.41, 5.74) is 5.88. The van der Waals surface area contributed by atoms with Gasteiger partial charge in [0.05, 0.1) is 5.56 Å². The molecular formula is C7H8N2O. The van der Waals surface area contributed by atoms with Crippen LogP contribution in [0.4, 0.5) is 5.82 Å². The molecule has 0 unspecified atom stereocenters. The highest BCUT2D eigenvalue weighted by Crippen LogP contribution is 2.13. The number of hydrogen-bond acceptors (Lipinski definition) is 3. The maximum Gasteiger partial charge on any atom is 0.134 e. The number of hydrogen-bond donors (Lipinski definition) is 2. The Morgan fingerprint density at radius 3 is 2.80 bits per heavy atom. The number of aromatic nitrogens is 1. The molecule has 0 aliphatic rings. The number of nitrogens with two attached hydrogens (primary N) is 1. The first-order valence-corrected chi connectivity index (χ1v) is 2.80. The van der Waals surface area contributed by atoms with Crippen LogP contribution in [0.15, 0.2) is 24.9 Å². The molecule has 10 heavy (non-hydrogen) atoms. The fourth-order valence-corrected chi connectivity index (χ4v) is 0.662. The highest BCUT2D eigenvalue weighted by Gasteiger charge is 1.99. The fraction of sp³-hybridized carbons (Fsp3) is 0. The van der Waals surface area contributed by atoms with E-state index in [4.69, 9.17) is 10.8 Å². The largest absolute Gasteiger partial charge is 0.508 e. The van der Waals surface area contributed by atoms with E-state index in [-0.39, 0.29) is 5.76 Å². The average Bonchev–Trinajstić information content (AvgIpc) is 1.88. The zero-order valence-corrected chi connectivity index (χ0v) is 5.41. The van der Waals surface area contributed by atoms with Crippen LogP contribution in [-0.4, -0.2) is 10.1 Å². The molecule has 0 atom stereocenters. The summed E-state index contributed by atoms with van der Waals surface area (Å²) < 4.78 is 0. The van der Waals surface area contributed by atoms with E-state index in [9.17, 15) is 0 Å². The second kappa shape index (κ2) is 2.39. The minimum absolute atomic E-state index is 0.0504. The number of aliphatic hydroxyl groups excluding tert-OH is 1. The van der Waals surface area contributed by atoms with Crippen LogP contribution >= 0.6 is 0 Å².